The van der Waals surface area contributed by atoms with Gasteiger partial charge in [0, 0.05) is 37.0 Å². The average Bonchev–Trinajstić information content (AvgIpc) is 3.40. The number of nitrogens with one attached hydrogen (secondary N) is 3. The third-order valence-corrected chi connectivity index (χ3v) is 6.91. The molecule has 7 heteroatoms. The Morgan fingerprint density at radius 3 is 2.97 bits per heavy atom. The van der Waals surface area contributed by atoms with Crippen LogP contribution in [0.1, 0.15) is 38.2 Å². The van der Waals surface area contributed by atoms with Crippen LogP contribution in [0.15, 0.2) is 106 Å². The molecule has 0 radical (unpaired) electrons. The van der Waals surface area contributed by atoms with Gasteiger partial charge < -0.3 is 20.6 Å². The van der Waals surface area contributed by atoms with Gasteiger partial charge in [0.15, 0.2) is 0 Å². The molecule has 7 nitrogen and oxygen atoms in total. The van der Waals surface area contributed by atoms with E-state index in [1.54, 1.807) is 12.3 Å². The maximum Gasteiger partial charge on any atom is 0.328 e. The fourth-order valence-electron chi connectivity index (χ4n) is 5.18. The van der Waals surface area contributed by atoms with Crippen LogP contribution in [-0.4, -0.2) is 30.2 Å². The van der Waals surface area contributed by atoms with Crippen LogP contribution >= 0.6 is 0 Å². The molecule has 2 aliphatic carbocycles. The molecule has 0 bridgehead atoms. The van der Waals surface area contributed by atoms with Gasteiger partial charge in [0.25, 0.3) is 6.02 Å². The molecule has 1 aromatic carbocycles. The minimum atomic E-state index is -0.937. The summed E-state index contributed by atoms with van der Waals surface area (Å²) in [6, 6.07) is 8.73. The number of carbonyl (C=O) groups is 1. The molecule has 5 rings (SSSR count). The molecule has 2 heterocycles. The molecule has 4 aliphatic rings. The van der Waals surface area contributed by atoms with E-state index in [4.69, 9.17) is 9.84 Å². The zero-order valence-corrected chi connectivity index (χ0v) is 21.0. The van der Waals surface area contributed by atoms with Crippen molar-refractivity contribution in [2.75, 3.05) is 13.1 Å². The van der Waals surface area contributed by atoms with Gasteiger partial charge in [0.05, 0.1) is 0 Å². The van der Waals surface area contributed by atoms with Crippen molar-refractivity contribution in [2.24, 2.45) is 10.9 Å². The van der Waals surface area contributed by atoms with Crippen molar-refractivity contribution in [3.8, 4) is 5.75 Å². The van der Waals surface area contributed by atoms with E-state index >= 15 is 0 Å². The predicted octanol–water partition coefficient (Wildman–Crippen LogP) is 4.93. The Labute approximate surface area is 217 Å². The third kappa shape index (κ3) is 5.84. The van der Waals surface area contributed by atoms with Crippen molar-refractivity contribution in [3.05, 3.63) is 107 Å². The van der Waals surface area contributed by atoms with Crippen LogP contribution in [0, 0.1) is 5.92 Å². The Bertz CT molecular complexity index is 1320. The van der Waals surface area contributed by atoms with Gasteiger partial charge in [-0.1, -0.05) is 43.4 Å². The molecule has 2 aliphatic heterocycles. The van der Waals surface area contributed by atoms with Crippen LogP contribution < -0.4 is 20.9 Å². The topological polar surface area (TPSA) is 95.0 Å². The summed E-state index contributed by atoms with van der Waals surface area (Å²) in [6.07, 6.45) is 18.9. The van der Waals surface area contributed by atoms with E-state index in [1.807, 2.05) is 24.3 Å². The maximum atomic E-state index is 11.0. The quantitative estimate of drug-likeness (QED) is 0.400. The SMILES string of the molecule is CC/C(=C(\C1=CC2=C(CC1)NNC2)C1C=CC(/C=C/C(=O)O)=CC1)c1cccc(OC2=NC=CCN2)c1. The Balaban J connectivity index is 1.52. The van der Waals surface area contributed by atoms with Crippen molar-refractivity contribution in [3.63, 3.8) is 0 Å². The van der Waals surface area contributed by atoms with Gasteiger partial charge in [0.2, 0.25) is 0 Å². The molecular formula is C30H32N4O3. The highest BCUT2D eigenvalue weighted by Gasteiger charge is 2.26. The molecule has 190 valence electrons. The lowest BCUT2D eigenvalue weighted by Crippen LogP contribution is -2.30. The van der Waals surface area contributed by atoms with E-state index in [9.17, 15) is 4.79 Å². The van der Waals surface area contributed by atoms with E-state index < -0.39 is 5.97 Å². The number of ether oxygens (including phenoxy) is 1. The van der Waals surface area contributed by atoms with Crippen LogP contribution in [-0.2, 0) is 4.79 Å². The number of rotatable bonds is 7. The molecule has 37 heavy (non-hydrogen) atoms. The van der Waals surface area contributed by atoms with Crippen molar-refractivity contribution in [2.45, 2.75) is 32.6 Å². The number of aliphatic imine (C=N–C) groups is 1. The maximum absolute atomic E-state index is 11.0. The van der Waals surface area contributed by atoms with E-state index in [0.717, 1.165) is 49.1 Å². The van der Waals surface area contributed by atoms with Crippen molar-refractivity contribution < 1.29 is 14.6 Å². The molecular weight excluding hydrogens is 464 g/mol. The zero-order valence-electron chi connectivity index (χ0n) is 21.0. The number of allylic oxidation sites excluding steroid dienone is 9. The average molecular weight is 497 g/mol. The number of benzene rings is 1. The first-order chi connectivity index (χ1) is 18.1. The number of aliphatic carboxylic acids is 1. The van der Waals surface area contributed by atoms with Gasteiger partial charge in [-0.2, -0.15) is 0 Å². The van der Waals surface area contributed by atoms with Gasteiger partial charge in [-0.15, -0.1) is 0 Å². The van der Waals surface area contributed by atoms with Gasteiger partial charge >= 0.3 is 5.97 Å². The van der Waals surface area contributed by atoms with Crippen LogP contribution in [0.4, 0.5) is 0 Å². The van der Waals surface area contributed by atoms with Gasteiger partial charge in [-0.05, 0) is 83.4 Å². The standard InChI is InChI=1S/C30H32N4O3/c1-2-26(22-5-3-6-25(18-22)37-30-31-15-4-16-32-30)29(23-12-13-27-24(17-23)19-33-34-27)21-10-7-20(8-11-21)9-14-28(35)36/h3-10,14-15,17-18,21,33-34H,2,11-13,16,19H2,1H3,(H,31,32)(H,35,36)/b14-9+,29-26+. The van der Waals surface area contributed by atoms with Crippen LogP contribution in [0.25, 0.3) is 5.57 Å². The van der Waals surface area contributed by atoms with Crippen LogP contribution in [0.5, 0.6) is 5.75 Å². The number of hydrazine groups is 1. The summed E-state index contributed by atoms with van der Waals surface area (Å²) in [7, 11) is 0. The molecule has 4 N–H and O–H groups in total. The smallest absolute Gasteiger partial charge is 0.328 e. The molecule has 0 amide bonds. The van der Waals surface area contributed by atoms with Crippen molar-refractivity contribution in [1.29, 1.82) is 0 Å². The summed E-state index contributed by atoms with van der Waals surface area (Å²) < 4.78 is 6.03. The lowest BCUT2D eigenvalue weighted by Gasteiger charge is -2.28. The van der Waals surface area contributed by atoms with E-state index in [0.29, 0.717) is 12.6 Å². The lowest BCUT2D eigenvalue weighted by molar-refractivity contribution is -0.131. The van der Waals surface area contributed by atoms with E-state index in [-0.39, 0.29) is 5.92 Å². The predicted molar refractivity (Wildman–Crippen MR) is 146 cm³/mol. The molecule has 0 aromatic heterocycles. The number of carboxylic acids is 1. The molecule has 0 saturated heterocycles. The van der Waals surface area contributed by atoms with Gasteiger partial charge in [-0.3, -0.25) is 0 Å². The number of carboxylic acid groups (broad SMARTS) is 1. The highest BCUT2D eigenvalue weighted by Crippen LogP contribution is 2.41. The summed E-state index contributed by atoms with van der Waals surface area (Å²) in [5.74, 6) is 0.0103. The van der Waals surface area contributed by atoms with E-state index in [2.05, 4.69) is 58.4 Å². The minimum absolute atomic E-state index is 0.201. The Kier molecular flexibility index (Phi) is 7.51. The summed E-state index contributed by atoms with van der Waals surface area (Å²) >= 11 is 0. The highest BCUT2D eigenvalue weighted by atomic mass is 16.5. The first-order valence-corrected chi connectivity index (χ1v) is 12.8. The second-order valence-corrected chi connectivity index (χ2v) is 9.30. The highest BCUT2D eigenvalue weighted by molar-refractivity contribution is 5.81. The largest absolute Gasteiger partial charge is 0.478 e. The van der Waals surface area contributed by atoms with Gasteiger partial charge in [0.1, 0.15) is 5.75 Å². The van der Waals surface area contributed by atoms with Crippen molar-refractivity contribution >= 4 is 17.6 Å². The first-order valence-electron chi connectivity index (χ1n) is 12.8. The number of nitrogens with zero attached hydrogens (tertiary/aromatic N) is 1. The number of amidine groups is 1. The van der Waals surface area contributed by atoms with Crippen molar-refractivity contribution in [1.82, 2.24) is 16.2 Å². The number of hydrogen-bond donors (Lipinski definition) is 4. The van der Waals surface area contributed by atoms with Gasteiger partial charge in [-0.25, -0.2) is 15.2 Å². The lowest BCUT2D eigenvalue weighted by atomic mass is 9.77. The normalized spacial score (nSPS) is 21.4. The number of hydrogen-bond acceptors (Lipinski definition) is 6. The second-order valence-electron chi connectivity index (χ2n) is 9.30. The minimum Gasteiger partial charge on any atom is -0.478 e. The second kappa shape index (κ2) is 11.3. The fourth-order valence-corrected chi connectivity index (χ4v) is 5.18. The summed E-state index contributed by atoms with van der Waals surface area (Å²) in [6.45, 7) is 3.73. The third-order valence-electron chi connectivity index (χ3n) is 6.91. The first kappa shape index (κ1) is 24.6. The van der Waals surface area contributed by atoms with Crippen LogP contribution in [0.3, 0.4) is 0 Å². The zero-order chi connectivity index (χ0) is 25.6. The molecule has 0 saturated carbocycles. The Morgan fingerprint density at radius 2 is 2.22 bits per heavy atom. The molecule has 0 spiro atoms. The Hall–Kier alpha value is -4.10. The summed E-state index contributed by atoms with van der Waals surface area (Å²) in [5.41, 5.74) is 15.2. The molecule has 1 atom stereocenters. The molecule has 1 unspecified atom stereocenters. The summed E-state index contributed by atoms with van der Waals surface area (Å²) in [4.78, 5) is 15.2. The molecule has 0 fully saturated rings. The fraction of sp³-hybridized carbons (Fsp3) is 0.267. The summed E-state index contributed by atoms with van der Waals surface area (Å²) in [5, 5.41) is 12.1. The van der Waals surface area contributed by atoms with Crippen LogP contribution in [0.2, 0.25) is 0 Å². The monoisotopic (exact) mass is 496 g/mol. The van der Waals surface area contributed by atoms with E-state index in [1.165, 1.54) is 34.1 Å². The Morgan fingerprint density at radius 1 is 1.30 bits per heavy atom. The molecule has 1 aromatic rings.